The Morgan fingerprint density at radius 3 is 2.09 bits per heavy atom. The van der Waals surface area contributed by atoms with Crippen LogP contribution in [0, 0.1) is 6.92 Å². The number of ether oxygens (including phenoxy) is 2. The van der Waals surface area contributed by atoms with Crippen LogP contribution in [0.15, 0.2) is 36.4 Å². The molecule has 0 atom stereocenters. The molecule has 0 amide bonds. The zero-order valence-electron chi connectivity index (χ0n) is 12.7. The molecule has 0 unspecified atom stereocenters. The Balaban J connectivity index is 2.76. The molecule has 2 rings (SSSR count). The number of nitrogen functional groups attached to an aromatic ring is 1. The fraction of sp³-hybridized carbons (Fsp3) is 0.176. The Morgan fingerprint density at radius 2 is 1.50 bits per heavy atom. The quantitative estimate of drug-likeness (QED) is 0.696. The lowest BCUT2D eigenvalue weighted by atomic mass is 9.93. The van der Waals surface area contributed by atoms with Crippen molar-refractivity contribution >= 4 is 17.6 Å². The number of aryl methyl sites for hydroxylation is 1. The highest BCUT2D eigenvalue weighted by Crippen LogP contribution is 2.31. The highest BCUT2D eigenvalue weighted by molar-refractivity contribution is 6.04. The van der Waals surface area contributed by atoms with Gasteiger partial charge < -0.3 is 15.2 Å². The van der Waals surface area contributed by atoms with Crippen molar-refractivity contribution in [3.8, 4) is 11.1 Å². The van der Waals surface area contributed by atoms with Crippen molar-refractivity contribution in [2.24, 2.45) is 0 Å². The summed E-state index contributed by atoms with van der Waals surface area (Å²) in [6.45, 7) is 1.92. The van der Waals surface area contributed by atoms with Gasteiger partial charge >= 0.3 is 11.9 Å². The smallest absolute Gasteiger partial charge is 0.339 e. The van der Waals surface area contributed by atoms with Crippen LogP contribution < -0.4 is 5.73 Å². The summed E-state index contributed by atoms with van der Waals surface area (Å²) >= 11 is 0. The molecule has 0 saturated heterocycles. The second kappa shape index (κ2) is 6.30. The van der Waals surface area contributed by atoms with Crippen LogP contribution in [0.1, 0.15) is 26.3 Å². The van der Waals surface area contributed by atoms with E-state index in [0.717, 1.165) is 11.1 Å². The standard InChI is InChI=1S/C17H17NO4/c1-10-6-4-5-7-11(10)12-8-14(17(20)22-3)15(18)9-13(12)16(19)21-2/h4-9H,18H2,1-3H3. The Morgan fingerprint density at radius 1 is 0.909 bits per heavy atom. The summed E-state index contributed by atoms with van der Waals surface area (Å²) in [4.78, 5) is 23.9. The predicted molar refractivity (Wildman–Crippen MR) is 83.7 cm³/mol. The molecule has 5 nitrogen and oxygen atoms in total. The van der Waals surface area contributed by atoms with Crippen LogP contribution in [0.5, 0.6) is 0 Å². The summed E-state index contributed by atoms with van der Waals surface area (Å²) in [7, 11) is 2.58. The molecule has 0 aliphatic carbocycles. The van der Waals surface area contributed by atoms with Crippen LogP contribution in [0.3, 0.4) is 0 Å². The summed E-state index contributed by atoms with van der Waals surface area (Å²) in [6, 6.07) is 10.6. The van der Waals surface area contributed by atoms with Crippen molar-refractivity contribution in [2.75, 3.05) is 20.0 Å². The van der Waals surface area contributed by atoms with Gasteiger partial charge in [0.05, 0.1) is 25.3 Å². The number of carbonyl (C=O) groups excluding carboxylic acids is 2. The third-order valence-electron chi connectivity index (χ3n) is 3.44. The lowest BCUT2D eigenvalue weighted by Crippen LogP contribution is -2.11. The molecule has 0 saturated carbocycles. The number of hydrogen-bond acceptors (Lipinski definition) is 5. The molecule has 0 spiro atoms. The molecule has 0 radical (unpaired) electrons. The van der Waals surface area contributed by atoms with E-state index < -0.39 is 11.9 Å². The number of anilines is 1. The van der Waals surface area contributed by atoms with Crippen LogP contribution in [-0.4, -0.2) is 26.2 Å². The summed E-state index contributed by atoms with van der Waals surface area (Å²) in [6.07, 6.45) is 0. The van der Waals surface area contributed by atoms with E-state index in [2.05, 4.69) is 0 Å². The molecule has 2 aromatic carbocycles. The molecule has 5 heteroatoms. The lowest BCUT2D eigenvalue weighted by molar-refractivity contribution is 0.0588. The van der Waals surface area contributed by atoms with Gasteiger partial charge in [0.25, 0.3) is 0 Å². The van der Waals surface area contributed by atoms with Gasteiger partial charge in [-0.15, -0.1) is 0 Å². The maximum Gasteiger partial charge on any atom is 0.339 e. The topological polar surface area (TPSA) is 78.6 Å². The molecule has 22 heavy (non-hydrogen) atoms. The largest absolute Gasteiger partial charge is 0.465 e. The Hall–Kier alpha value is -2.82. The Kier molecular flexibility index (Phi) is 4.46. The van der Waals surface area contributed by atoms with E-state index >= 15 is 0 Å². The van der Waals surface area contributed by atoms with Crippen molar-refractivity contribution in [1.29, 1.82) is 0 Å². The molecule has 2 aromatic rings. The highest BCUT2D eigenvalue weighted by Gasteiger charge is 2.20. The SMILES string of the molecule is COC(=O)c1cc(-c2ccccc2C)c(C(=O)OC)cc1N. The van der Waals surface area contributed by atoms with Crippen molar-refractivity contribution in [1.82, 2.24) is 0 Å². The molecule has 114 valence electrons. The van der Waals surface area contributed by atoms with Crippen molar-refractivity contribution < 1.29 is 19.1 Å². The zero-order valence-corrected chi connectivity index (χ0v) is 12.7. The molecule has 2 N–H and O–H groups in total. The summed E-state index contributed by atoms with van der Waals surface area (Å²) < 4.78 is 9.54. The van der Waals surface area contributed by atoms with Crippen LogP contribution in [-0.2, 0) is 9.47 Å². The van der Waals surface area contributed by atoms with Crippen LogP contribution in [0.4, 0.5) is 5.69 Å². The Bertz CT molecular complexity index is 737. The normalized spacial score (nSPS) is 10.1. The summed E-state index contributed by atoms with van der Waals surface area (Å²) in [5.74, 6) is -1.06. The van der Waals surface area contributed by atoms with Crippen LogP contribution in [0.2, 0.25) is 0 Å². The fourth-order valence-electron chi connectivity index (χ4n) is 2.28. The highest BCUT2D eigenvalue weighted by atomic mass is 16.5. The molecular formula is C17H17NO4. The van der Waals surface area contributed by atoms with Gasteiger partial charge in [-0.05, 0) is 35.7 Å². The minimum Gasteiger partial charge on any atom is -0.465 e. The summed E-state index contributed by atoms with van der Waals surface area (Å²) in [5.41, 5.74) is 8.94. The number of benzene rings is 2. The maximum atomic E-state index is 12.0. The van der Waals surface area contributed by atoms with Gasteiger partial charge in [-0.3, -0.25) is 0 Å². The molecular weight excluding hydrogens is 282 g/mol. The van der Waals surface area contributed by atoms with E-state index in [4.69, 9.17) is 15.2 Å². The second-order valence-electron chi connectivity index (χ2n) is 4.78. The van der Waals surface area contributed by atoms with Crippen LogP contribution in [0.25, 0.3) is 11.1 Å². The van der Waals surface area contributed by atoms with Gasteiger partial charge in [-0.1, -0.05) is 24.3 Å². The van der Waals surface area contributed by atoms with E-state index in [1.165, 1.54) is 20.3 Å². The summed E-state index contributed by atoms with van der Waals surface area (Å²) in [5, 5.41) is 0. The third kappa shape index (κ3) is 2.79. The first-order chi connectivity index (χ1) is 10.5. The van der Waals surface area contributed by atoms with Crippen molar-refractivity contribution in [2.45, 2.75) is 6.92 Å². The Labute approximate surface area is 128 Å². The second-order valence-corrected chi connectivity index (χ2v) is 4.78. The van der Waals surface area contributed by atoms with Crippen LogP contribution >= 0.6 is 0 Å². The molecule has 0 bridgehead atoms. The molecule has 0 fully saturated rings. The number of rotatable bonds is 3. The fourth-order valence-corrected chi connectivity index (χ4v) is 2.28. The van der Waals surface area contributed by atoms with E-state index in [9.17, 15) is 9.59 Å². The van der Waals surface area contributed by atoms with Gasteiger partial charge in [0.15, 0.2) is 0 Å². The first-order valence-electron chi connectivity index (χ1n) is 6.65. The van der Waals surface area contributed by atoms with E-state index in [-0.39, 0.29) is 11.3 Å². The van der Waals surface area contributed by atoms with Gasteiger partial charge in [0.1, 0.15) is 0 Å². The maximum absolute atomic E-state index is 12.0. The minimum absolute atomic E-state index is 0.171. The zero-order chi connectivity index (χ0) is 16.3. The third-order valence-corrected chi connectivity index (χ3v) is 3.44. The van der Waals surface area contributed by atoms with E-state index in [1.54, 1.807) is 6.07 Å². The number of hydrogen-bond donors (Lipinski definition) is 1. The number of carbonyl (C=O) groups is 2. The number of methoxy groups -OCH3 is 2. The van der Waals surface area contributed by atoms with E-state index in [0.29, 0.717) is 11.1 Å². The number of nitrogens with two attached hydrogens (primary N) is 1. The minimum atomic E-state index is -0.552. The monoisotopic (exact) mass is 299 g/mol. The van der Waals surface area contributed by atoms with E-state index in [1.807, 2.05) is 31.2 Å². The van der Waals surface area contributed by atoms with Crippen molar-refractivity contribution in [3.05, 3.63) is 53.1 Å². The van der Waals surface area contributed by atoms with Gasteiger partial charge in [0, 0.05) is 5.69 Å². The molecule has 0 aromatic heterocycles. The molecule has 0 heterocycles. The predicted octanol–water partition coefficient (Wildman–Crippen LogP) is 2.82. The van der Waals surface area contributed by atoms with Crippen molar-refractivity contribution in [3.63, 3.8) is 0 Å². The lowest BCUT2D eigenvalue weighted by Gasteiger charge is -2.14. The van der Waals surface area contributed by atoms with Gasteiger partial charge in [-0.2, -0.15) is 0 Å². The first kappa shape index (κ1) is 15.6. The molecule has 0 aliphatic rings. The average molecular weight is 299 g/mol. The number of esters is 2. The van der Waals surface area contributed by atoms with Gasteiger partial charge in [0.2, 0.25) is 0 Å². The average Bonchev–Trinajstić information content (AvgIpc) is 2.53. The van der Waals surface area contributed by atoms with Gasteiger partial charge in [-0.25, -0.2) is 9.59 Å². The first-order valence-corrected chi connectivity index (χ1v) is 6.65. The molecule has 0 aliphatic heterocycles.